The summed E-state index contributed by atoms with van der Waals surface area (Å²) in [5, 5.41) is 5.69. The summed E-state index contributed by atoms with van der Waals surface area (Å²) in [5.74, 6) is 0.718. The van der Waals surface area contributed by atoms with Crippen LogP contribution in [0, 0.1) is 0 Å². The van der Waals surface area contributed by atoms with Crippen molar-refractivity contribution in [3.8, 4) is 39.5 Å². The van der Waals surface area contributed by atoms with Crippen LogP contribution in [0.3, 0.4) is 0 Å². The lowest BCUT2D eigenvalue weighted by atomic mass is 9.80. The monoisotopic (exact) mass is 653 g/mol. The topological polar surface area (TPSA) is 43.9 Å². The molecule has 0 radical (unpaired) electrons. The van der Waals surface area contributed by atoms with Crippen LogP contribution in [0.25, 0.3) is 94.1 Å². The fourth-order valence-corrected chi connectivity index (χ4v) is 8.74. The average Bonchev–Trinajstić information content (AvgIpc) is 3.81. The third-order valence-electron chi connectivity index (χ3n) is 10.9. The van der Waals surface area contributed by atoms with Gasteiger partial charge in [-0.15, -0.1) is 0 Å². The maximum Gasteiger partial charge on any atom is 0.160 e. The highest BCUT2D eigenvalue weighted by Crippen LogP contribution is 2.57. The van der Waals surface area contributed by atoms with Crippen LogP contribution in [0.4, 0.5) is 0 Å². The van der Waals surface area contributed by atoms with Crippen molar-refractivity contribution < 1.29 is 4.42 Å². The summed E-state index contributed by atoms with van der Waals surface area (Å²) in [4.78, 5) is 10.3. The molecule has 0 saturated heterocycles. The second kappa shape index (κ2) is 10.3. The molecular formula is C47H31N3O. The van der Waals surface area contributed by atoms with E-state index in [-0.39, 0.29) is 5.41 Å². The summed E-state index contributed by atoms with van der Waals surface area (Å²) >= 11 is 0. The number of fused-ring (bicyclic) bond motifs is 13. The molecule has 7 aromatic carbocycles. The zero-order valence-corrected chi connectivity index (χ0v) is 28.2. The number of rotatable bonds is 3. The third kappa shape index (κ3) is 3.85. The summed E-state index contributed by atoms with van der Waals surface area (Å²) in [5.41, 5.74) is 14.1. The van der Waals surface area contributed by atoms with E-state index in [2.05, 4.69) is 146 Å². The van der Waals surface area contributed by atoms with Gasteiger partial charge in [0.1, 0.15) is 11.2 Å². The van der Waals surface area contributed by atoms with E-state index in [4.69, 9.17) is 14.4 Å². The lowest BCUT2D eigenvalue weighted by Gasteiger charge is -2.22. The van der Waals surface area contributed by atoms with E-state index in [9.17, 15) is 0 Å². The van der Waals surface area contributed by atoms with Crippen molar-refractivity contribution in [3.05, 3.63) is 163 Å². The van der Waals surface area contributed by atoms with E-state index in [0.717, 1.165) is 66.7 Å². The van der Waals surface area contributed by atoms with E-state index in [0.29, 0.717) is 0 Å². The summed E-state index contributed by atoms with van der Waals surface area (Å²) in [6.07, 6.45) is 0. The molecule has 10 aromatic rings. The molecule has 0 saturated carbocycles. The van der Waals surface area contributed by atoms with Gasteiger partial charge in [0.05, 0.1) is 27.6 Å². The molecule has 4 nitrogen and oxygen atoms in total. The van der Waals surface area contributed by atoms with Crippen LogP contribution in [0.5, 0.6) is 0 Å². The molecule has 0 fully saturated rings. The van der Waals surface area contributed by atoms with Gasteiger partial charge >= 0.3 is 0 Å². The van der Waals surface area contributed by atoms with Gasteiger partial charge in [-0.25, -0.2) is 9.97 Å². The summed E-state index contributed by atoms with van der Waals surface area (Å²) < 4.78 is 9.36. The Morgan fingerprint density at radius 2 is 1.27 bits per heavy atom. The Hall–Kier alpha value is -6.52. The molecule has 4 heteroatoms. The first-order valence-electron chi connectivity index (χ1n) is 17.5. The van der Waals surface area contributed by atoms with Crippen molar-refractivity contribution in [2.45, 2.75) is 19.3 Å². The highest BCUT2D eigenvalue weighted by molar-refractivity contribution is 6.30. The SMILES string of the molecule is CC1(C)c2ccccc2-c2c1c1c3ccccc3oc1c1c3ccccc3n(-c3ccc4nc(-c5ccccc5)nc(-c5ccccc5)c4c3)c21. The Kier molecular flexibility index (Phi) is 5.70. The summed E-state index contributed by atoms with van der Waals surface area (Å²) in [6.45, 7) is 4.73. The number of furan rings is 1. The zero-order chi connectivity index (χ0) is 33.8. The Bertz CT molecular complexity index is 3040. The van der Waals surface area contributed by atoms with E-state index < -0.39 is 0 Å². The first-order chi connectivity index (χ1) is 25.1. The second-order valence-corrected chi connectivity index (χ2v) is 14.1. The fraction of sp³-hybridized carbons (Fsp3) is 0.0638. The van der Waals surface area contributed by atoms with Gasteiger partial charge in [-0.2, -0.15) is 0 Å². The predicted octanol–water partition coefficient (Wildman–Crippen LogP) is 12.3. The van der Waals surface area contributed by atoms with Gasteiger partial charge in [0, 0.05) is 49.3 Å². The predicted molar refractivity (Wildman–Crippen MR) is 210 cm³/mol. The number of hydrogen-bond donors (Lipinski definition) is 0. The maximum atomic E-state index is 6.91. The minimum Gasteiger partial charge on any atom is -0.455 e. The van der Waals surface area contributed by atoms with Gasteiger partial charge in [0.25, 0.3) is 0 Å². The molecule has 1 aliphatic carbocycles. The van der Waals surface area contributed by atoms with Crippen molar-refractivity contribution in [2.24, 2.45) is 0 Å². The molecule has 0 bridgehead atoms. The van der Waals surface area contributed by atoms with Crippen LogP contribution in [0.1, 0.15) is 25.0 Å². The number of aromatic nitrogens is 3. The molecule has 51 heavy (non-hydrogen) atoms. The third-order valence-corrected chi connectivity index (χ3v) is 10.9. The molecule has 0 spiro atoms. The van der Waals surface area contributed by atoms with E-state index >= 15 is 0 Å². The van der Waals surface area contributed by atoms with Crippen molar-refractivity contribution in [3.63, 3.8) is 0 Å². The molecule has 3 heterocycles. The van der Waals surface area contributed by atoms with Crippen molar-refractivity contribution in [1.82, 2.24) is 14.5 Å². The molecule has 0 amide bonds. The largest absolute Gasteiger partial charge is 0.455 e. The molecule has 3 aromatic heterocycles. The molecule has 11 rings (SSSR count). The van der Waals surface area contributed by atoms with Crippen LogP contribution in [-0.2, 0) is 5.41 Å². The standard InChI is InChI=1S/C47H31N3O/c1-47(2)35-22-12-9-19-31(35)39-42(47)40-33-21-11-14-24-38(33)51-45(40)41-32-20-10-13-23-37(32)50(44(39)41)30-25-26-36-34(27-30)43(28-15-5-3-6-16-28)49-46(48-36)29-17-7-4-8-18-29/h3-27H,1-2H3. The Morgan fingerprint density at radius 3 is 2.10 bits per heavy atom. The zero-order valence-electron chi connectivity index (χ0n) is 28.2. The first-order valence-corrected chi connectivity index (χ1v) is 17.5. The highest BCUT2D eigenvalue weighted by Gasteiger charge is 2.41. The summed E-state index contributed by atoms with van der Waals surface area (Å²) in [6, 6.07) is 53.5. The van der Waals surface area contributed by atoms with Crippen molar-refractivity contribution >= 4 is 54.6 Å². The molecule has 0 unspecified atom stereocenters. The Labute approximate surface area is 294 Å². The molecule has 0 atom stereocenters. The normalized spacial score (nSPS) is 13.5. The Balaban J connectivity index is 1.31. The van der Waals surface area contributed by atoms with Gasteiger partial charge in [-0.1, -0.05) is 135 Å². The molecule has 0 aliphatic heterocycles. The highest BCUT2D eigenvalue weighted by atomic mass is 16.3. The molecule has 240 valence electrons. The van der Waals surface area contributed by atoms with E-state index in [1.54, 1.807) is 0 Å². The lowest BCUT2D eigenvalue weighted by Crippen LogP contribution is -2.15. The lowest BCUT2D eigenvalue weighted by molar-refractivity contribution is 0.659. The van der Waals surface area contributed by atoms with Gasteiger partial charge in [-0.3, -0.25) is 0 Å². The molecular weight excluding hydrogens is 623 g/mol. The first kappa shape index (κ1) is 28.3. The van der Waals surface area contributed by atoms with Gasteiger partial charge in [0.15, 0.2) is 5.82 Å². The minimum atomic E-state index is -0.238. The van der Waals surface area contributed by atoms with Crippen LogP contribution in [0.2, 0.25) is 0 Å². The van der Waals surface area contributed by atoms with Gasteiger partial charge < -0.3 is 8.98 Å². The second-order valence-electron chi connectivity index (χ2n) is 14.1. The molecule has 1 aliphatic rings. The summed E-state index contributed by atoms with van der Waals surface area (Å²) in [7, 11) is 0. The average molecular weight is 654 g/mol. The van der Waals surface area contributed by atoms with Crippen molar-refractivity contribution in [2.75, 3.05) is 0 Å². The quantitative estimate of drug-likeness (QED) is 0.191. The van der Waals surface area contributed by atoms with Crippen LogP contribution < -0.4 is 0 Å². The van der Waals surface area contributed by atoms with Crippen molar-refractivity contribution in [1.29, 1.82) is 0 Å². The van der Waals surface area contributed by atoms with E-state index in [1.165, 1.54) is 38.5 Å². The van der Waals surface area contributed by atoms with Crippen LogP contribution in [-0.4, -0.2) is 14.5 Å². The smallest absolute Gasteiger partial charge is 0.160 e. The number of benzene rings is 7. The van der Waals surface area contributed by atoms with Gasteiger partial charge in [0.2, 0.25) is 0 Å². The van der Waals surface area contributed by atoms with Crippen LogP contribution >= 0.6 is 0 Å². The molecule has 0 N–H and O–H groups in total. The Morgan fingerprint density at radius 1 is 0.588 bits per heavy atom. The van der Waals surface area contributed by atoms with Gasteiger partial charge in [-0.05, 0) is 47.0 Å². The number of hydrogen-bond acceptors (Lipinski definition) is 3. The van der Waals surface area contributed by atoms with E-state index in [1.807, 2.05) is 24.3 Å². The minimum absolute atomic E-state index is 0.238. The number of para-hydroxylation sites is 2. The number of nitrogens with zero attached hydrogens (tertiary/aromatic N) is 3. The maximum absolute atomic E-state index is 6.91. The van der Waals surface area contributed by atoms with Crippen LogP contribution in [0.15, 0.2) is 156 Å². The fourth-order valence-electron chi connectivity index (χ4n) is 8.74.